The van der Waals surface area contributed by atoms with Crippen LogP contribution < -0.4 is 5.32 Å². The van der Waals surface area contributed by atoms with Gasteiger partial charge in [-0.3, -0.25) is 0 Å². The van der Waals surface area contributed by atoms with Crippen LogP contribution in [0.2, 0.25) is 5.02 Å². The predicted octanol–water partition coefficient (Wildman–Crippen LogP) is 4.93. The van der Waals surface area contributed by atoms with E-state index in [2.05, 4.69) is 37.4 Å². The SMILES string of the molecule is CC(C)CNCC1(Cc2cccc(Cl)c2)CC2CCC1C2. The molecule has 0 radical (unpaired) electrons. The molecule has 0 aliphatic heterocycles. The van der Waals surface area contributed by atoms with Crippen LogP contribution in [-0.4, -0.2) is 13.1 Å². The zero-order chi connectivity index (χ0) is 14.9. The summed E-state index contributed by atoms with van der Waals surface area (Å²) in [4.78, 5) is 0. The van der Waals surface area contributed by atoms with Crippen LogP contribution in [-0.2, 0) is 6.42 Å². The molecule has 2 saturated carbocycles. The first-order valence-corrected chi connectivity index (χ1v) is 8.90. The number of hydrogen-bond donors (Lipinski definition) is 1. The summed E-state index contributed by atoms with van der Waals surface area (Å²) in [6, 6.07) is 8.50. The standard InChI is InChI=1S/C19H28ClN/c1-14(2)12-21-13-19(11-16-6-7-17(19)8-16)10-15-4-3-5-18(20)9-15/h3-5,9,14,16-17,21H,6-8,10-13H2,1-2H3. The lowest BCUT2D eigenvalue weighted by molar-refractivity contribution is 0.155. The van der Waals surface area contributed by atoms with E-state index < -0.39 is 0 Å². The molecule has 2 aliphatic rings. The fourth-order valence-electron chi connectivity index (χ4n) is 4.72. The Labute approximate surface area is 134 Å². The van der Waals surface area contributed by atoms with Crippen molar-refractivity contribution in [3.63, 3.8) is 0 Å². The van der Waals surface area contributed by atoms with Crippen molar-refractivity contribution in [2.24, 2.45) is 23.2 Å². The van der Waals surface area contributed by atoms with Crippen molar-refractivity contribution in [3.8, 4) is 0 Å². The zero-order valence-corrected chi connectivity index (χ0v) is 14.1. The molecule has 0 amide bonds. The number of hydrogen-bond acceptors (Lipinski definition) is 1. The zero-order valence-electron chi connectivity index (χ0n) is 13.4. The van der Waals surface area contributed by atoms with Crippen LogP contribution >= 0.6 is 11.6 Å². The third-order valence-corrected chi connectivity index (χ3v) is 5.81. The molecule has 0 aromatic heterocycles. The summed E-state index contributed by atoms with van der Waals surface area (Å²) in [6.45, 7) is 6.89. The smallest absolute Gasteiger partial charge is 0.0408 e. The van der Waals surface area contributed by atoms with E-state index >= 15 is 0 Å². The summed E-state index contributed by atoms with van der Waals surface area (Å²) in [5, 5.41) is 4.63. The number of nitrogens with one attached hydrogen (secondary N) is 1. The minimum Gasteiger partial charge on any atom is -0.316 e. The lowest BCUT2D eigenvalue weighted by atomic mass is 9.69. The highest BCUT2D eigenvalue weighted by atomic mass is 35.5. The van der Waals surface area contributed by atoms with Crippen molar-refractivity contribution >= 4 is 11.6 Å². The monoisotopic (exact) mass is 305 g/mol. The van der Waals surface area contributed by atoms with Gasteiger partial charge in [-0.05, 0) is 73.1 Å². The molecule has 1 nitrogen and oxygen atoms in total. The first-order chi connectivity index (χ1) is 10.1. The van der Waals surface area contributed by atoms with Gasteiger partial charge in [-0.1, -0.05) is 44.0 Å². The van der Waals surface area contributed by atoms with E-state index in [0.29, 0.717) is 5.41 Å². The van der Waals surface area contributed by atoms with Gasteiger partial charge in [0.2, 0.25) is 0 Å². The fraction of sp³-hybridized carbons (Fsp3) is 0.684. The van der Waals surface area contributed by atoms with Crippen molar-refractivity contribution in [1.29, 1.82) is 0 Å². The number of fused-ring (bicyclic) bond motifs is 2. The molecule has 2 bridgehead atoms. The molecule has 0 saturated heterocycles. The Hall–Kier alpha value is -0.530. The van der Waals surface area contributed by atoms with Gasteiger partial charge in [0.25, 0.3) is 0 Å². The van der Waals surface area contributed by atoms with Crippen molar-refractivity contribution in [2.45, 2.75) is 46.0 Å². The van der Waals surface area contributed by atoms with Gasteiger partial charge >= 0.3 is 0 Å². The third-order valence-electron chi connectivity index (χ3n) is 5.58. The van der Waals surface area contributed by atoms with Crippen molar-refractivity contribution in [1.82, 2.24) is 5.32 Å². The summed E-state index contributed by atoms with van der Waals surface area (Å²) in [7, 11) is 0. The fourth-order valence-corrected chi connectivity index (χ4v) is 4.93. The maximum Gasteiger partial charge on any atom is 0.0408 e. The summed E-state index contributed by atoms with van der Waals surface area (Å²) in [5.74, 6) is 2.63. The number of rotatable bonds is 6. The molecule has 2 heteroatoms. The normalized spacial score (nSPS) is 31.2. The molecule has 2 aliphatic carbocycles. The van der Waals surface area contributed by atoms with E-state index in [0.717, 1.165) is 29.3 Å². The van der Waals surface area contributed by atoms with Gasteiger partial charge < -0.3 is 5.32 Å². The summed E-state index contributed by atoms with van der Waals surface area (Å²) in [6.07, 6.45) is 6.97. The second kappa shape index (κ2) is 6.30. The molecule has 0 heterocycles. The van der Waals surface area contributed by atoms with Crippen molar-refractivity contribution in [3.05, 3.63) is 34.9 Å². The first kappa shape index (κ1) is 15.4. The van der Waals surface area contributed by atoms with E-state index in [1.165, 1.54) is 44.2 Å². The van der Waals surface area contributed by atoms with Crippen LogP contribution in [0, 0.1) is 23.2 Å². The Morgan fingerprint density at radius 3 is 2.81 bits per heavy atom. The molecule has 1 aromatic rings. The van der Waals surface area contributed by atoms with E-state index in [1.54, 1.807) is 0 Å². The van der Waals surface area contributed by atoms with Crippen LogP contribution in [0.15, 0.2) is 24.3 Å². The summed E-state index contributed by atoms with van der Waals surface area (Å²) >= 11 is 6.19. The van der Waals surface area contributed by atoms with Gasteiger partial charge in [0.1, 0.15) is 0 Å². The third kappa shape index (κ3) is 3.46. The van der Waals surface area contributed by atoms with E-state index in [9.17, 15) is 0 Å². The van der Waals surface area contributed by atoms with Crippen LogP contribution in [0.4, 0.5) is 0 Å². The molecular weight excluding hydrogens is 278 g/mol. The van der Waals surface area contributed by atoms with Gasteiger partial charge in [-0.15, -0.1) is 0 Å². The van der Waals surface area contributed by atoms with Crippen LogP contribution in [0.3, 0.4) is 0 Å². The summed E-state index contributed by atoms with van der Waals surface area (Å²) < 4.78 is 0. The number of halogens is 1. The molecule has 3 atom stereocenters. The topological polar surface area (TPSA) is 12.0 Å². The predicted molar refractivity (Wildman–Crippen MR) is 90.7 cm³/mol. The van der Waals surface area contributed by atoms with Gasteiger partial charge in [-0.25, -0.2) is 0 Å². The molecule has 1 aromatic carbocycles. The Morgan fingerprint density at radius 1 is 1.33 bits per heavy atom. The van der Waals surface area contributed by atoms with Crippen LogP contribution in [0.1, 0.15) is 45.1 Å². The lowest BCUT2D eigenvalue weighted by Crippen LogP contribution is -2.41. The van der Waals surface area contributed by atoms with E-state index in [-0.39, 0.29) is 0 Å². The largest absolute Gasteiger partial charge is 0.316 e. The quantitative estimate of drug-likeness (QED) is 0.785. The van der Waals surface area contributed by atoms with E-state index in [1.807, 2.05) is 6.07 Å². The number of benzene rings is 1. The lowest BCUT2D eigenvalue weighted by Gasteiger charge is -2.39. The Kier molecular flexibility index (Phi) is 4.61. The van der Waals surface area contributed by atoms with Gasteiger partial charge in [0, 0.05) is 11.6 Å². The first-order valence-electron chi connectivity index (χ1n) is 8.52. The molecule has 3 unspecified atom stereocenters. The van der Waals surface area contributed by atoms with Crippen molar-refractivity contribution < 1.29 is 0 Å². The average molecular weight is 306 g/mol. The highest BCUT2D eigenvalue weighted by molar-refractivity contribution is 6.30. The minimum atomic E-state index is 0.475. The summed E-state index contributed by atoms with van der Waals surface area (Å²) in [5.41, 5.74) is 1.89. The molecule has 3 rings (SSSR count). The maximum atomic E-state index is 6.19. The van der Waals surface area contributed by atoms with Gasteiger partial charge in [-0.2, -0.15) is 0 Å². The maximum absolute atomic E-state index is 6.19. The Morgan fingerprint density at radius 2 is 2.19 bits per heavy atom. The Balaban J connectivity index is 1.73. The van der Waals surface area contributed by atoms with Crippen LogP contribution in [0.5, 0.6) is 0 Å². The highest BCUT2D eigenvalue weighted by Gasteiger charge is 2.50. The van der Waals surface area contributed by atoms with E-state index in [4.69, 9.17) is 11.6 Å². The van der Waals surface area contributed by atoms with Gasteiger partial charge in [0.15, 0.2) is 0 Å². The highest BCUT2D eigenvalue weighted by Crippen LogP contribution is 2.57. The Bertz CT molecular complexity index is 484. The molecule has 116 valence electrons. The molecule has 1 N–H and O–H groups in total. The minimum absolute atomic E-state index is 0.475. The molecule has 0 spiro atoms. The van der Waals surface area contributed by atoms with Gasteiger partial charge in [0.05, 0.1) is 0 Å². The van der Waals surface area contributed by atoms with Crippen molar-refractivity contribution in [2.75, 3.05) is 13.1 Å². The molecule has 21 heavy (non-hydrogen) atoms. The van der Waals surface area contributed by atoms with Crippen LogP contribution in [0.25, 0.3) is 0 Å². The molecular formula is C19H28ClN. The average Bonchev–Trinajstić information content (AvgIpc) is 2.99. The molecule has 2 fully saturated rings. The second-order valence-electron chi connectivity index (χ2n) is 7.77. The second-order valence-corrected chi connectivity index (χ2v) is 8.21.